The molecule has 1 aromatic carbocycles. The molecule has 38 heavy (non-hydrogen) atoms. The molecule has 4 rings (SSSR count). The Morgan fingerprint density at radius 1 is 1.26 bits per heavy atom. The number of alkyl halides is 3. The van der Waals surface area contributed by atoms with E-state index in [0.29, 0.717) is 12.0 Å². The van der Waals surface area contributed by atoms with E-state index in [9.17, 15) is 28.2 Å². The minimum absolute atomic E-state index is 0.0512. The highest BCUT2D eigenvalue weighted by Crippen LogP contribution is 2.36. The lowest BCUT2D eigenvalue weighted by atomic mass is 10.1. The highest BCUT2D eigenvalue weighted by Gasteiger charge is 2.45. The van der Waals surface area contributed by atoms with Crippen molar-refractivity contribution in [2.24, 2.45) is 5.11 Å². The summed E-state index contributed by atoms with van der Waals surface area (Å²) in [7, 11) is 0. The minimum Gasteiger partial charge on any atom is -0.388 e. The maximum absolute atomic E-state index is 12.7. The Bertz CT molecular complexity index is 1350. The first-order valence-electron chi connectivity index (χ1n) is 11.2. The zero-order chi connectivity index (χ0) is 27.4. The fourth-order valence-electron chi connectivity index (χ4n) is 3.84. The number of azide groups is 1. The van der Waals surface area contributed by atoms with E-state index in [0.717, 1.165) is 23.9 Å². The summed E-state index contributed by atoms with van der Waals surface area (Å²) in [4.78, 5) is 27.5. The van der Waals surface area contributed by atoms with Gasteiger partial charge in [0.05, 0.1) is 24.0 Å². The zero-order valence-corrected chi connectivity index (χ0v) is 20.3. The number of fused-ring (bicyclic) bond motifs is 1. The summed E-state index contributed by atoms with van der Waals surface area (Å²) in [5.74, 6) is -0.444. The van der Waals surface area contributed by atoms with Crippen LogP contribution >= 0.6 is 11.8 Å². The molecule has 1 fully saturated rings. The molecular weight excluding hydrogens is 531 g/mol. The van der Waals surface area contributed by atoms with Crippen molar-refractivity contribution < 1.29 is 32.9 Å². The van der Waals surface area contributed by atoms with Gasteiger partial charge in [0, 0.05) is 11.5 Å². The molecule has 2 aromatic heterocycles. The number of hydrogen-bond donors (Lipinski definition) is 4. The third kappa shape index (κ3) is 5.92. The van der Waals surface area contributed by atoms with E-state index >= 15 is 0 Å². The fourth-order valence-corrected chi connectivity index (χ4v) is 4.68. The van der Waals surface area contributed by atoms with Gasteiger partial charge in [0.2, 0.25) is 5.91 Å². The van der Waals surface area contributed by atoms with Gasteiger partial charge in [-0.1, -0.05) is 29.0 Å². The van der Waals surface area contributed by atoms with Crippen molar-refractivity contribution in [3.8, 4) is 0 Å². The average Bonchev–Trinajstić information content (AvgIpc) is 3.39. The lowest BCUT2D eigenvalue weighted by Gasteiger charge is -2.19. The standard InChI is InChI=1S/C21H22F3N9O4S/c22-21(23,24)11-3-1-10(2-4-11)5-6-27-13(34)8-38-20-31-14-17(25)28-9-29-18(14)33(20)19-16(36)15(35)12(37-19)7-30-32-26/h1-4,9,12,15-16,19,35-36H,5-8H2,(H,27,34)(H2,25,28,29)/t12-,15-,16-,19-/m1/s1. The number of nitrogens with zero attached hydrogens (tertiary/aromatic N) is 7. The van der Waals surface area contributed by atoms with E-state index in [1.807, 2.05) is 0 Å². The predicted octanol–water partition coefficient (Wildman–Crippen LogP) is 1.81. The second-order valence-electron chi connectivity index (χ2n) is 8.24. The first-order valence-corrected chi connectivity index (χ1v) is 12.1. The van der Waals surface area contributed by atoms with Crippen LogP contribution in [0, 0.1) is 0 Å². The van der Waals surface area contributed by atoms with Gasteiger partial charge in [-0.05, 0) is 29.6 Å². The number of ether oxygens (including phenoxy) is 1. The number of imidazole rings is 1. The van der Waals surface area contributed by atoms with Crippen molar-refractivity contribution in [1.29, 1.82) is 0 Å². The first-order chi connectivity index (χ1) is 18.1. The number of hydrogen-bond acceptors (Lipinski definition) is 10. The Kier molecular flexibility index (Phi) is 8.23. The maximum atomic E-state index is 12.7. The summed E-state index contributed by atoms with van der Waals surface area (Å²) >= 11 is 0.987. The van der Waals surface area contributed by atoms with Gasteiger partial charge in [-0.3, -0.25) is 9.36 Å². The SMILES string of the molecule is [N-]=[N+]=NC[C@H]1O[C@@H](n2c(SCC(=O)NCCc3ccc(C(F)(F)F)cc3)nc3c(N)ncnc32)[C@H](O)[C@@H]1O. The number of nitrogen functional groups attached to an aromatic ring is 1. The first kappa shape index (κ1) is 27.4. The number of aromatic nitrogens is 4. The molecule has 1 aliphatic heterocycles. The number of nitrogens with two attached hydrogens (primary N) is 1. The Morgan fingerprint density at radius 2 is 2.00 bits per heavy atom. The summed E-state index contributed by atoms with van der Waals surface area (Å²) in [6.45, 7) is -0.0316. The van der Waals surface area contributed by atoms with Crippen LogP contribution in [-0.2, 0) is 22.1 Å². The van der Waals surface area contributed by atoms with Crippen molar-refractivity contribution in [3.05, 3.63) is 52.2 Å². The van der Waals surface area contributed by atoms with E-state index in [4.69, 9.17) is 16.0 Å². The van der Waals surface area contributed by atoms with E-state index < -0.39 is 36.3 Å². The third-order valence-corrected chi connectivity index (χ3v) is 6.69. The van der Waals surface area contributed by atoms with Crippen molar-refractivity contribution >= 4 is 34.7 Å². The van der Waals surface area contributed by atoms with Crippen LogP contribution in [0.3, 0.4) is 0 Å². The van der Waals surface area contributed by atoms with Crippen LogP contribution in [0.1, 0.15) is 17.4 Å². The van der Waals surface area contributed by atoms with E-state index in [1.54, 1.807) is 0 Å². The second-order valence-corrected chi connectivity index (χ2v) is 9.18. The molecular formula is C21H22F3N9O4S. The predicted molar refractivity (Wildman–Crippen MR) is 129 cm³/mol. The fraction of sp³-hybridized carbons (Fsp3) is 0.429. The Labute approximate surface area is 216 Å². The van der Waals surface area contributed by atoms with Gasteiger partial charge in [-0.25, -0.2) is 15.0 Å². The number of benzene rings is 1. The molecule has 0 bridgehead atoms. The van der Waals surface area contributed by atoms with Crippen LogP contribution in [0.5, 0.6) is 0 Å². The molecule has 1 aliphatic rings. The molecule has 3 heterocycles. The zero-order valence-electron chi connectivity index (χ0n) is 19.5. The number of anilines is 1. The van der Waals surface area contributed by atoms with Crippen LogP contribution in [0.15, 0.2) is 40.9 Å². The van der Waals surface area contributed by atoms with Crippen LogP contribution in [0.25, 0.3) is 21.6 Å². The van der Waals surface area contributed by atoms with Gasteiger partial charge in [-0.15, -0.1) is 0 Å². The van der Waals surface area contributed by atoms with Gasteiger partial charge in [-0.2, -0.15) is 13.2 Å². The minimum atomic E-state index is -4.42. The summed E-state index contributed by atoms with van der Waals surface area (Å²) in [5.41, 5.74) is 14.8. The molecule has 1 saturated heterocycles. The molecule has 0 spiro atoms. The van der Waals surface area contributed by atoms with Crippen molar-refractivity contribution in [2.45, 2.75) is 42.3 Å². The van der Waals surface area contributed by atoms with E-state index in [1.165, 1.54) is 23.0 Å². The molecule has 0 radical (unpaired) electrons. The summed E-state index contributed by atoms with van der Waals surface area (Å²) in [6.07, 6.45) is -7.87. The molecule has 202 valence electrons. The molecule has 13 nitrogen and oxygen atoms in total. The normalized spacial score (nSPS) is 21.4. The molecule has 0 aliphatic carbocycles. The molecule has 5 N–H and O–H groups in total. The van der Waals surface area contributed by atoms with Gasteiger partial charge in [0.15, 0.2) is 28.4 Å². The monoisotopic (exact) mass is 553 g/mol. The van der Waals surface area contributed by atoms with Gasteiger partial charge < -0.3 is 26.0 Å². The topological polar surface area (TPSA) is 197 Å². The summed E-state index contributed by atoms with van der Waals surface area (Å²) in [5, 5.41) is 27.3. The van der Waals surface area contributed by atoms with E-state index in [-0.39, 0.29) is 46.9 Å². The molecule has 17 heteroatoms. The summed E-state index contributed by atoms with van der Waals surface area (Å²) in [6, 6.07) is 4.68. The lowest BCUT2D eigenvalue weighted by molar-refractivity contribution is -0.137. The second kappa shape index (κ2) is 11.4. The number of carbonyl (C=O) groups excluding carboxylic acids is 1. The number of aliphatic hydroxyl groups excluding tert-OH is 2. The van der Waals surface area contributed by atoms with Crippen molar-refractivity contribution in [2.75, 3.05) is 24.6 Å². The quantitative estimate of drug-likeness (QED) is 0.132. The molecule has 0 saturated carbocycles. The molecule has 3 aromatic rings. The van der Waals surface area contributed by atoms with E-state index in [2.05, 4.69) is 30.3 Å². The number of thioether (sulfide) groups is 1. The van der Waals surface area contributed by atoms with Crippen LogP contribution in [-0.4, -0.2) is 72.8 Å². The number of nitrogens with one attached hydrogen (secondary N) is 1. The number of carbonyl (C=O) groups is 1. The maximum Gasteiger partial charge on any atom is 0.416 e. The van der Waals surface area contributed by atoms with Gasteiger partial charge >= 0.3 is 6.18 Å². The Hall–Kier alpha value is -3.63. The highest BCUT2D eigenvalue weighted by atomic mass is 32.2. The van der Waals surface area contributed by atoms with Crippen LogP contribution in [0.4, 0.5) is 19.0 Å². The summed E-state index contributed by atoms with van der Waals surface area (Å²) < 4.78 is 45.2. The average molecular weight is 554 g/mol. The molecule has 4 atom stereocenters. The lowest BCUT2D eigenvalue weighted by Crippen LogP contribution is -2.33. The largest absolute Gasteiger partial charge is 0.416 e. The van der Waals surface area contributed by atoms with Crippen molar-refractivity contribution in [1.82, 2.24) is 24.8 Å². The Balaban J connectivity index is 1.43. The highest BCUT2D eigenvalue weighted by molar-refractivity contribution is 7.99. The smallest absolute Gasteiger partial charge is 0.388 e. The van der Waals surface area contributed by atoms with Crippen LogP contribution < -0.4 is 11.1 Å². The van der Waals surface area contributed by atoms with Crippen molar-refractivity contribution in [3.63, 3.8) is 0 Å². The number of aliphatic hydroxyl groups is 2. The van der Waals surface area contributed by atoms with Gasteiger partial charge in [0.25, 0.3) is 0 Å². The Morgan fingerprint density at radius 3 is 2.68 bits per heavy atom. The van der Waals surface area contributed by atoms with Gasteiger partial charge in [0.1, 0.15) is 18.5 Å². The number of amides is 1. The van der Waals surface area contributed by atoms with Crippen LogP contribution in [0.2, 0.25) is 0 Å². The molecule has 0 unspecified atom stereocenters. The number of rotatable bonds is 9. The molecule has 1 amide bonds. The number of halogens is 3. The third-order valence-electron chi connectivity index (χ3n) is 5.74.